The number of rotatable bonds is 7. The highest BCUT2D eigenvalue weighted by atomic mass is 35.5. The molecule has 0 radical (unpaired) electrons. The van der Waals surface area contributed by atoms with Crippen molar-refractivity contribution in [2.75, 3.05) is 39.3 Å². The van der Waals surface area contributed by atoms with Crippen LogP contribution in [0.3, 0.4) is 0 Å². The van der Waals surface area contributed by atoms with E-state index in [1.807, 2.05) is 11.8 Å². The third kappa shape index (κ3) is 6.03. The van der Waals surface area contributed by atoms with Crippen LogP contribution in [0.25, 0.3) is 0 Å². The summed E-state index contributed by atoms with van der Waals surface area (Å²) in [5.74, 6) is -0.226. The second-order valence-electron chi connectivity index (χ2n) is 7.44. The molecule has 0 spiro atoms. The monoisotopic (exact) mass is 431 g/mol. The standard InChI is InChI=1S/C23H27ClFN3O2/c1-2-22(29)27-13-10-26(11-14-27)12-15-28(17-18-6-8-21(25)9-7-18)23(30)19-4-3-5-20(24)16-19/h3-9,16H,2,10-15,17H2,1H3. The first kappa shape index (κ1) is 22.2. The summed E-state index contributed by atoms with van der Waals surface area (Å²) in [5, 5.41) is 0.513. The molecule has 0 atom stereocenters. The largest absolute Gasteiger partial charge is 0.340 e. The van der Waals surface area contributed by atoms with Crippen LogP contribution in [0.15, 0.2) is 48.5 Å². The van der Waals surface area contributed by atoms with E-state index in [2.05, 4.69) is 4.90 Å². The molecule has 1 saturated heterocycles. The maximum Gasteiger partial charge on any atom is 0.254 e. The summed E-state index contributed by atoms with van der Waals surface area (Å²) in [6.07, 6.45) is 0.527. The number of hydrogen-bond acceptors (Lipinski definition) is 3. The Labute approximate surface area is 182 Å². The third-order valence-electron chi connectivity index (χ3n) is 5.36. The summed E-state index contributed by atoms with van der Waals surface area (Å²) in [7, 11) is 0. The van der Waals surface area contributed by atoms with Crippen molar-refractivity contribution in [2.24, 2.45) is 0 Å². The van der Waals surface area contributed by atoms with E-state index in [1.54, 1.807) is 41.3 Å². The van der Waals surface area contributed by atoms with Gasteiger partial charge >= 0.3 is 0 Å². The Balaban J connectivity index is 1.66. The molecule has 0 N–H and O–H groups in total. The van der Waals surface area contributed by atoms with E-state index in [9.17, 15) is 14.0 Å². The van der Waals surface area contributed by atoms with Crippen LogP contribution >= 0.6 is 11.6 Å². The van der Waals surface area contributed by atoms with Crippen molar-refractivity contribution in [3.63, 3.8) is 0 Å². The van der Waals surface area contributed by atoms with Gasteiger partial charge in [-0.1, -0.05) is 36.7 Å². The molecule has 0 unspecified atom stereocenters. The average Bonchev–Trinajstić information content (AvgIpc) is 2.77. The second-order valence-corrected chi connectivity index (χ2v) is 7.88. The first-order valence-electron chi connectivity index (χ1n) is 10.3. The van der Waals surface area contributed by atoms with E-state index in [-0.39, 0.29) is 17.6 Å². The highest BCUT2D eigenvalue weighted by Crippen LogP contribution is 2.16. The molecule has 1 heterocycles. The zero-order valence-electron chi connectivity index (χ0n) is 17.2. The molecule has 160 valence electrons. The van der Waals surface area contributed by atoms with Crippen LogP contribution in [0.1, 0.15) is 29.3 Å². The first-order chi connectivity index (χ1) is 14.5. The summed E-state index contributed by atoms with van der Waals surface area (Å²) in [6.45, 7) is 6.53. The van der Waals surface area contributed by atoms with Gasteiger partial charge in [-0.15, -0.1) is 0 Å². The SMILES string of the molecule is CCC(=O)N1CCN(CCN(Cc2ccc(F)cc2)C(=O)c2cccc(Cl)c2)CC1. The molecule has 1 aliphatic rings. The lowest BCUT2D eigenvalue weighted by atomic mass is 10.1. The number of halogens is 2. The lowest BCUT2D eigenvalue weighted by Gasteiger charge is -2.36. The summed E-state index contributed by atoms with van der Waals surface area (Å²) < 4.78 is 13.3. The predicted octanol–water partition coefficient (Wildman–Crippen LogP) is 3.68. The minimum absolute atomic E-state index is 0.110. The number of benzene rings is 2. The predicted molar refractivity (Wildman–Crippen MR) is 116 cm³/mol. The Morgan fingerprint density at radius 2 is 1.77 bits per heavy atom. The Kier molecular flexibility index (Phi) is 7.82. The van der Waals surface area contributed by atoms with Crippen LogP contribution in [0.2, 0.25) is 5.02 Å². The van der Waals surface area contributed by atoms with Gasteiger partial charge in [0.2, 0.25) is 5.91 Å². The van der Waals surface area contributed by atoms with Gasteiger partial charge in [0.1, 0.15) is 5.82 Å². The van der Waals surface area contributed by atoms with E-state index in [4.69, 9.17) is 11.6 Å². The maximum atomic E-state index is 13.3. The molecule has 5 nitrogen and oxygen atoms in total. The van der Waals surface area contributed by atoms with Gasteiger partial charge in [0.05, 0.1) is 0 Å². The number of hydrogen-bond donors (Lipinski definition) is 0. The lowest BCUT2D eigenvalue weighted by molar-refractivity contribution is -0.132. The van der Waals surface area contributed by atoms with Gasteiger partial charge in [0.15, 0.2) is 0 Å². The summed E-state index contributed by atoms with van der Waals surface area (Å²) in [6, 6.07) is 13.1. The zero-order chi connectivity index (χ0) is 21.5. The quantitative estimate of drug-likeness (QED) is 0.671. The minimum atomic E-state index is -0.300. The Hall–Kier alpha value is -2.44. The van der Waals surface area contributed by atoms with Crippen molar-refractivity contribution < 1.29 is 14.0 Å². The molecule has 7 heteroatoms. The molecule has 0 bridgehead atoms. The molecule has 1 aliphatic heterocycles. The number of piperazine rings is 1. The van der Waals surface area contributed by atoms with Gasteiger partial charge in [-0.3, -0.25) is 14.5 Å². The van der Waals surface area contributed by atoms with Crippen molar-refractivity contribution >= 4 is 23.4 Å². The summed E-state index contributed by atoms with van der Waals surface area (Å²) in [5.41, 5.74) is 1.40. The van der Waals surface area contributed by atoms with E-state index in [1.165, 1.54) is 12.1 Å². The second kappa shape index (κ2) is 10.5. The fourth-order valence-corrected chi connectivity index (χ4v) is 3.76. The normalized spacial score (nSPS) is 14.6. The van der Waals surface area contributed by atoms with Gasteiger partial charge in [-0.2, -0.15) is 0 Å². The lowest BCUT2D eigenvalue weighted by Crippen LogP contribution is -2.50. The van der Waals surface area contributed by atoms with E-state index < -0.39 is 0 Å². The molecule has 2 amide bonds. The molecule has 0 aliphatic carbocycles. The fourth-order valence-electron chi connectivity index (χ4n) is 3.57. The molecule has 2 aromatic rings. The molecule has 0 saturated carbocycles. The molecule has 0 aromatic heterocycles. The van der Waals surface area contributed by atoms with Crippen molar-refractivity contribution in [3.05, 3.63) is 70.5 Å². The van der Waals surface area contributed by atoms with Crippen molar-refractivity contribution in [1.29, 1.82) is 0 Å². The number of amides is 2. The van der Waals surface area contributed by atoms with E-state index in [0.29, 0.717) is 49.7 Å². The van der Waals surface area contributed by atoms with Crippen molar-refractivity contribution in [3.8, 4) is 0 Å². The van der Waals surface area contributed by atoms with Crippen LogP contribution < -0.4 is 0 Å². The first-order valence-corrected chi connectivity index (χ1v) is 10.6. The summed E-state index contributed by atoms with van der Waals surface area (Å²) >= 11 is 6.07. The highest BCUT2D eigenvalue weighted by molar-refractivity contribution is 6.30. The molecule has 30 heavy (non-hydrogen) atoms. The molecule has 1 fully saturated rings. The van der Waals surface area contributed by atoms with Gasteiger partial charge in [0.25, 0.3) is 5.91 Å². The smallest absolute Gasteiger partial charge is 0.254 e. The van der Waals surface area contributed by atoms with Crippen LogP contribution in [0.5, 0.6) is 0 Å². The van der Waals surface area contributed by atoms with Gasteiger partial charge in [-0.25, -0.2) is 4.39 Å². The third-order valence-corrected chi connectivity index (χ3v) is 5.59. The van der Waals surface area contributed by atoms with Crippen LogP contribution in [-0.4, -0.2) is 65.8 Å². The van der Waals surface area contributed by atoms with Crippen molar-refractivity contribution in [2.45, 2.75) is 19.9 Å². The Morgan fingerprint density at radius 1 is 1.07 bits per heavy atom. The molecular formula is C23H27ClFN3O2. The van der Waals surface area contributed by atoms with Crippen LogP contribution in [0.4, 0.5) is 4.39 Å². The zero-order valence-corrected chi connectivity index (χ0v) is 17.9. The summed E-state index contributed by atoms with van der Waals surface area (Å²) in [4.78, 5) is 30.9. The Bertz CT molecular complexity index is 867. The minimum Gasteiger partial charge on any atom is -0.340 e. The number of nitrogens with zero attached hydrogens (tertiary/aromatic N) is 3. The van der Waals surface area contributed by atoms with Gasteiger partial charge in [0, 0.05) is 62.8 Å². The van der Waals surface area contributed by atoms with Gasteiger partial charge in [-0.05, 0) is 35.9 Å². The van der Waals surface area contributed by atoms with Crippen LogP contribution in [0, 0.1) is 5.82 Å². The highest BCUT2D eigenvalue weighted by Gasteiger charge is 2.22. The van der Waals surface area contributed by atoms with E-state index >= 15 is 0 Å². The van der Waals surface area contributed by atoms with E-state index in [0.717, 1.165) is 18.7 Å². The van der Waals surface area contributed by atoms with Crippen molar-refractivity contribution in [1.82, 2.24) is 14.7 Å². The topological polar surface area (TPSA) is 43.9 Å². The molecular weight excluding hydrogens is 405 g/mol. The Morgan fingerprint density at radius 3 is 2.40 bits per heavy atom. The fraction of sp³-hybridized carbons (Fsp3) is 0.391. The maximum absolute atomic E-state index is 13.3. The molecule has 2 aromatic carbocycles. The average molecular weight is 432 g/mol. The van der Waals surface area contributed by atoms with Gasteiger partial charge < -0.3 is 9.80 Å². The number of carbonyl (C=O) groups is 2. The van der Waals surface area contributed by atoms with Crippen LogP contribution in [-0.2, 0) is 11.3 Å². The molecule has 3 rings (SSSR count). The number of carbonyl (C=O) groups excluding carboxylic acids is 2.